The number of carbonyl (C=O) groups excluding carboxylic acids is 2. The van der Waals surface area contributed by atoms with E-state index in [-0.39, 0.29) is 17.3 Å². The summed E-state index contributed by atoms with van der Waals surface area (Å²) >= 11 is 3.15. The molecule has 130 valence electrons. The summed E-state index contributed by atoms with van der Waals surface area (Å²) in [6.45, 7) is 8.50. The Kier molecular flexibility index (Phi) is 6.56. The quantitative estimate of drug-likeness (QED) is 0.460. The summed E-state index contributed by atoms with van der Waals surface area (Å²) in [6, 6.07) is 3.75. The van der Waals surface area contributed by atoms with Crippen LogP contribution in [0.3, 0.4) is 0 Å². The number of hydrogen-bond acceptors (Lipinski definition) is 5. The first-order valence-electron chi connectivity index (χ1n) is 7.75. The van der Waals surface area contributed by atoms with E-state index in [9.17, 15) is 9.59 Å². The number of hydrogen-bond donors (Lipinski definition) is 0. The third kappa shape index (κ3) is 4.24. The van der Waals surface area contributed by atoms with Crippen molar-refractivity contribution in [2.24, 2.45) is 0 Å². The molecule has 0 bridgehead atoms. The van der Waals surface area contributed by atoms with Gasteiger partial charge in [0.15, 0.2) is 11.5 Å². The van der Waals surface area contributed by atoms with Crippen LogP contribution < -0.4 is 9.47 Å². The predicted molar refractivity (Wildman–Crippen MR) is 104 cm³/mol. The topological polar surface area (TPSA) is 55.8 Å². The van der Waals surface area contributed by atoms with Crippen LogP contribution in [0.1, 0.15) is 33.3 Å². The minimum absolute atomic E-state index is 0.0321. The molecule has 1 heterocycles. The van der Waals surface area contributed by atoms with Crippen molar-refractivity contribution in [1.29, 1.82) is 0 Å². The minimum atomic E-state index is -0.247. The Morgan fingerprint density at radius 3 is 2.54 bits per heavy atom. The third-order valence-electron chi connectivity index (χ3n) is 3.17. The highest BCUT2D eigenvalue weighted by atomic mass is 127. The highest BCUT2D eigenvalue weighted by molar-refractivity contribution is 14.1. The number of nitrogens with zero attached hydrogens (tertiary/aromatic N) is 1. The molecule has 0 radical (unpaired) electrons. The normalized spacial score (nSPS) is 16.4. The fraction of sp³-hybridized carbons (Fsp3) is 0.412. The fourth-order valence-electron chi connectivity index (χ4n) is 2.21. The van der Waals surface area contributed by atoms with E-state index in [2.05, 4.69) is 22.6 Å². The Balaban J connectivity index is 2.40. The van der Waals surface area contributed by atoms with Crippen molar-refractivity contribution in [3.8, 4) is 11.5 Å². The van der Waals surface area contributed by atoms with Gasteiger partial charge < -0.3 is 9.47 Å². The summed E-state index contributed by atoms with van der Waals surface area (Å²) in [5.74, 6) is 1.09. The van der Waals surface area contributed by atoms with Crippen LogP contribution in [0.4, 0.5) is 4.79 Å². The standard InChI is InChI=1S/C17H20INO4S/c1-5-19-16(20)14(24-17(19)21)9-11-7-12(18)15(23-10(3)4)13(8-11)22-6-2/h7-10H,5-6H2,1-4H3/b14-9+. The van der Waals surface area contributed by atoms with E-state index >= 15 is 0 Å². The van der Waals surface area contributed by atoms with E-state index in [1.54, 1.807) is 13.0 Å². The Morgan fingerprint density at radius 2 is 2.00 bits per heavy atom. The van der Waals surface area contributed by atoms with Crippen molar-refractivity contribution < 1.29 is 19.1 Å². The van der Waals surface area contributed by atoms with Gasteiger partial charge in [-0.2, -0.15) is 0 Å². The molecule has 1 aromatic rings. The molecule has 0 saturated carbocycles. The van der Waals surface area contributed by atoms with Crippen LogP contribution in [0.2, 0.25) is 0 Å². The molecule has 0 aromatic heterocycles. The van der Waals surface area contributed by atoms with Gasteiger partial charge in [-0.3, -0.25) is 14.5 Å². The number of imide groups is 1. The Morgan fingerprint density at radius 1 is 1.29 bits per heavy atom. The molecule has 0 atom stereocenters. The number of ether oxygens (including phenoxy) is 2. The lowest BCUT2D eigenvalue weighted by Crippen LogP contribution is -2.27. The average molecular weight is 461 g/mol. The first-order valence-corrected chi connectivity index (χ1v) is 9.65. The molecule has 1 fully saturated rings. The molecule has 0 unspecified atom stereocenters. The van der Waals surface area contributed by atoms with E-state index in [0.717, 1.165) is 20.9 Å². The van der Waals surface area contributed by atoms with Gasteiger partial charge in [-0.05, 0) is 85.8 Å². The van der Waals surface area contributed by atoms with E-state index in [4.69, 9.17) is 9.47 Å². The summed E-state index contributed by atoms with van der Waals surface area (Å²) in [4.78, 5) is 25.7. The lowest BCUT2D eigenvalue weighted by molar-refractivity contribution is -0.122. The largest absolute Gasteiger partial charge is 0.490 e. The summed E-state index contributed by atoms with van der Waals surface area (Å²) in [5, 5.41) is -0.228. The number of carbonyl (C=O) groups is 2. The summed E-state index contributed by atoms with van der Waals surface area (Å²) in [7, 11) is 0. The van der Waals surface area contributed by atoms with Crippen LogP contribution >= 0.6 is 34.4 Å². The molecule has 0 spiro atoms. The van der Waals surface area contributed by atoms with Crippen molar-refractivity contribution in [3.05, 3.63) is 26.2 Å². The number of rotatable bonds is 6. The smallest absolute Gasteiger partial charge is 0.293 e. The van der Waals surface area contributed by atoms with Gasteiger partial charge in [0.25, 0.3) is 11.1 Å². The number of likely N-dealkylation sites (N-methyl/N-ethyl adjacent to an activating group) is 1. The lowest BCUT2D eigenvalue weighted by atomic mass is 10.1. The Bertz CT molecular complexity index is 687. The molecular formula is C17H20INO4S. The molecule has 0 aliphatic carbocycles. The van der Waals surface area contributed by atoms with Crippen LogP contribution in [0.5, 0.6) is 11.5 Å². The van der Waals surface area contributed by atoms with Gasteiger partial charge in [-0.15, -0.1) is 0 Å². The molecule has 1 aromatic carbocycles. The molecule has 1 aliphatic rings. The zero-order chi connectivity index (χ0) is 17.9. The van der Waals surface area contributed by atoms with Gasteiger partial charge in [0.2, 0.25) is 0 Å². The second-order valence-corrected chi connectivity index (χ2v) is 7.51. The van der Waals surface area contributed by atoms with E-state index in [1.807, 2.05) is 32.9 Å². The predicted octanol–water partition coefficient (Wildman–Crippen LogP) is 4.53. The molecule has 2 rings (SSSR count). The zero-order valence-corrected chi connectivity index (χ0v) is 17.1. The summed E-state index contributed by atoms with van der Waals surface area (Å²) in [6.07, 6.45) is 1.76. The second-order valence-electron chi connectivity index (χ2n) is 5.36. The average Bonchev–Trinajstić information content (AvgIpc) is 2.76. The van der Waals surface area contributed by atoms with E-state index in [1.165, 1.54) is 4.90 Å². The maximum absolute atomic E-state index is 12.2. The van der Waals surface area contributed by atoms with Gasteiger partial charge >= 0.3 is 0 Å². The van der Waals surface area contributed by atoms with Crippen LogP contribution in [0.25, 0.3) is 6.08 Å². The van der Waals surface area contributed by atoms with Crippen LogP contribution in [0, 0.1) is 3.57 Å². The molecule has 2 amide bonds. The molecule has 1 saturated heterocycles. The van der Waals surface area contributed by atoms with E-state index < -0.39 is 0 Å². The highest BCUT2D eigenvalue weighted by Gasteiger charge is 2.33. The van der Waals surface area contributed by atoms with Gasteiger partial charge in [-0.25, -0.2) is 0 Å². The fourth-order valence-corrected chi connectivity index (χ4v) is 3.86. The highest BCUT2D eigenvalue weighted by Crippen LogP contribution is 2.37. The van der Waals surface area contributed by atoms with Crippen LogP contribution in [-0.4, -0.2) is 35.3 Å². The van der Waals surface area contributed by atoms with Crippen molar-refractivity contribution in [2.45, 2.75) is 33.8 Å². The van der Waals surface area contributed by atoms with Crippen molar-refractivity contribution in [2.75, 3.05) is 13.2 Å². The molecule has 24 heavy (non-hydrogen) atoms. The van der Waals surface area contributed by atoms with Gasteiger partial charge in [0.05, 0.1) is 21.2 Å². The summed E-state index contributed by atoms with van der Waals surface area (Å²) < 4.78 is 12.4. The van der Waals surface area contributed by atoms with Gasteiger partial charge in [-0.1, -0.05) is 0 Å². The molecule has 5 nitrogen and oxygen atoms in total. The maximum Gasteiger partial charge on any atom is 0.293 e. The maximum atomic E-state index is 12.2. The molecular weight excluding hydrogens is 441 g/mol. The number of benzene rings is 1. The van der Waals surface area contributed by atoms with Crippen LogP contribution in [-0.2, 0) is 4.79 Å². The van der Waals surface area contributed by atoms with Gasteiger partial charge in [0.1, 0.15) is 0 Å². The van der Waals surface area contributed by atoms with Crippen molar-refractivity contribution in [3.63, 3.8) is 0 Å². The molecule has 0 N–H and O–H groups in total. The van der Waals surface area contributed by atoms with Crippen molar-refractivity contribution in [1.82, 2.24) is 4.90 Å². The van der Waals surface area contributed by atoms with Crippen LogP contribution in [0.15, 0.2) is 17.0 Å². The van der Waals surface area contributed by atoms with Gasteiger partial charge in [0, 0.05) is 6.54 Å². The monoisotopic (exact) mass is 461 g/mol. The molecule has 1 aliphatic heterocycles. The second kappa shape index (κ2) is 8.24. The third-order valence-corrected chi connectivity index (χ3v) is 4.88. The minimum Gasteiger partial charge on any atom is -0.490 e. The summed E-state index contributed by atoms with van der Waals surface area (Å²) in [5.41, 5.74) is 0.806. The molecule has 7 heteroatoms. The Labute approximate surface area is 159 Å². The Hall–Kier alpha value is -1.22. The number of thioether (sulfide) groups is 1. The van der Waals surface area contributed by atoms with Crippen molar-refractivity contribution >= 4 is 51.6 Å². The number of amides is 2. The first-order chi connectivity index (χ1) is 11.4. The SMILES string of the molecule is CCOc1cc(/C=C2/SC(=O)N(CC)C2=O)cc(I)c1OC(C)C. The zero-order valence-electron chi connectivity index (χ0n) is 14.1. The number of halogens is 1. The lowest BCUT2D eigenvalue weighted by Gasteiger charge is -2.17. The van der Waals surface area contributed by atoms with E-state index in [0.29, 0.717) is 29.6 Å². The first kappa shape index (κ1) is 19.1.